The van der Waals surface area contributed by atoms with E-state index >= 15 is 0 Å². The predicted octanol–water partition coefficient (Wildman–Crippen LogP) is 1.22. The Labute approximate surface area is 61.2 Å². The summed E-state index contributed by atoms with van der Waals surface area (Å²) < 4.78 is 39.6. The summed E-state index contributed by atoms with van der Waals surface area (Å²) in [5.74, 6) is 0.235. The summed E-state index contributed by atoms with van der Waals surface area (Å²) in [5, 5.41) is 3.45. The van der Waals surface area contributed by atoms with Gasteiger partial charge in [-0.3, -0.25) is 5.43 Å². The predicted molar refractivity (Wildman–Crippen MR) is 31.8 cm³/mol. The van der Waals surface area contributed by atoms with Crippen molar-refractivity contribution in [1.82, 2.24) is 5.43 Å². The second-order valence-corrected chi connectivity index (χ2v) is 2.19. The number of ether oxygens (including phenoxy) is 1. The normalized spacial score (nSPS) is 24.0. The summed E-state index contributed by atoms with van der Waals surface area (Å²) in [6.45, 7) is 1.49. The first kappa shape index (κ1) is 8.16. The standard InChI is InChI=1S/C5H7F3N2O/c1-3-9-10-4(11-3)2-5(6,7)8/h4,10H,2H2,1H3. The van der Waals surface area contributed by atoms with Crippen molar-refractivity contribution in [1.29, 1.82) is 0 Å². The number of nitrogens with one attached hydrogen (secondary N) is 1. The molecule has 0 aromatic heterocycles. The molecule has 1 unspecified atom stereocenters. The van der Waals surface area contributed by atoms with E-state index in [4.69, 9.17) is 0 Å². The Morgan fingerprint density at radius 3 is 2.64 bits per heavy atom. The van der Waals surface area contributed by atoms with Crippen LogP contribution in [-0.2, 0) is 4.74 Å². The average molecular weight is 168 g/mol. The van der Waals surface area contributed by atoms with Gasteiger partial charge in [-0.25, -0.2) is 0 Å². The van der Waals surface area contributed by atoms with Crippen LogP contribution in [0.4, 0.5) is 13.2 Å². The van der Waals surface area contributed by atoms with Gasteiger partial charge >= 0.3 is 6.18 Å². The van der Waals surface area contributed by atoms with Crippen LogP contribution in [0.5, 0.6) is 0 Å². The minimum absolute atomic E-state index is 0.235. The largest absolute Gasteiger partial charge is 0.454 e. The zero-order valence-electron chi connectivity index (χ0n) is 5.77. The van der Waals surface area contributed by atoms with Gasteiger partial charge in [0.25, 0.3) is 0 Å². The van der Waals surface area contributed by atoms with E-state index in [9.17, 15) is 13.2 Å². The summed E-state index contributed by atoms with van der Waals surface area (Å²) in [4.78, 5) is 0. The first-order chi connectivity index (χ1) is 4.97. The number of hydrogen-bond acceptors (Lipinski definition) is 3. The van der Waals surface area contributed by atoms with Crippen LogP contribution >= 0.6 is 0 Å². The topological polar surface area (TPSA) is 33.6 Å². The molecule has 6 heteroatoms. The van der Waals surface area contributed by atoms with Gasteiger partial charge in [-0.05, 0) is 0 Å². The second kappa shape index (κ2) is 2.60. The van der Waals surface area contributed by atoms with Gasteiger partial charge in [0.05, 0.1) is 0 Å². The van der Waals surface area contributed by atoms with Crippen molar-refractivity contribution in [3.63, 3.8) is 0 Å². The van der Waals surface area contributed by atoms with Crippen LogP contribution < -0.4 is 5.43 Å². The van der Waals surface area contributed by atoms with Crippen LogP contribution in [0.1, 0.15) is 13.3 Å². The molecule has 0 fully saturated rings. The quantitative estimate of drug-likeness (QED) is 0.638. The third kappa shape index (κ3) is 2.65. The van der Waals surface area contributed by atoms with Gasteiger partial charge in [-0.1, -0.05) is 0 Å². The molecule has 0 saturated heterocycles. The fourth-order valence-electron chi connectivity index (χ4n) is 0.719. The lowest BCUT2D eigenvalue weighted by Crippen LogP contribution is -2.28. The summed E-state index contributed by atoms with van der Waals surface area (Å²) >= 11 is 0. The summed E-state index contributed by atoms with van der Waals surface area (Å²) in [6.07, 6.45) is -6.28. The van der Waals surface area contributed by atoms with E-state index in [0.29, 0.717) is 0 Å². The highest BCUT2D eigenvalue weighted by molar-refractivity contribution is 5.74. The van der Waals surface area contributed by atoms with Gasteiger partial charge in [-0.2, -0.15) is 13.2 Å². The van der Waals surface area contributed by atoms with Gasteiger partial charge < -0.3 is 4.74 Å². The lowest BCUT2D eigenvalue weighted by molar-refractivity contribution is -0.152. The molecule has 0 bridgehead atoms. The van der Waals surface area contributed by atoms with E-state index in [0.717, 1.165) is 0 Å². The zero-order chi connectivity index (χ0) is 8.48. The lowest BCUT2D eigenvalue weighted by atomic mass is 10.4. The van der Waals surface area contributed by atoms with Gasteiger partial charge in [0.15, 0.2) is 6.23 Å². The van der Waals surface area contributed by atoms with Crippen LogP contribution in [0.25, 0.3) is 0 Å². The van der Waals surface area contributed by atoms with Gasteiger partial charge in [0.2, 0.25) is 5.90 Å². The molecule has 11 heavy (non-hydrogen) atoms. The van der Waals surface area contributed by atoms with E-state index in [1.54, 1.807) is 0 Å². The summed E-state index contributed by atoms with van der Waals surface area (Å²) in [6, 6.07) is 0. The molecule has 0 aliphatic carbocycles. The minimum atomic E-state index is -4.21. The molecule has 1 aliphatic heterocycles. The number of hydrazone groups is 1. The van der Waals surface area contributed by atoms with E-state index in [2.05, 4.69) is 15.3 Å². The maximum absolute atomic E-state index is 11.7. The van der Waals surface area contributed by atoms with Crippen molar-refractivity contribution in [2.75, 3.05) is 0 Å². The molecule has 3 nitrogen and oxygen atoms in total. The third-order valence-corrected chi connectivity index (χ3v) is 1.10. The maximum atomic E-state index is 11.7. The highest BCUT2D eigenvalue weighted by atomic mass is 19.4. The first-order valence-corrected chi connectivity index (χ1v) is 3.00. The number of hydrogen-bond donors (Lipinski definition) is 1. The zero-order valence-corrected chi connectivity index (χ0v) is 5.77. The van der Waals surface area contributed by atoms with Gasteiger partial charge in [0.1, 0.15) is 6.42 Å². The molecule has 0 spiro atoms. The molecule has 1 heterocycles. The number of rotatable bonds is 1. The van der Waals surface area contributed by atoms with Crippen molar-refractivity contribution in [3.05, 3.63) is 0 Å². The summed E-state index contributed by atoms with van der Waals surface area (Å²) in [7, 11) is 0. The average Bonchev–Trinajstić information content (AvgIpc) is 2.10. The Kier molecular flexibility index (Phi) is 1.92. The molecular weight excluding hydrogens is 161 g/mol. The smallest absolute Gasteiger partial charge is 0.394 e. The molecule has 0 radical (unpaired) electrons. The Balaban J connectivity index is 2.32. The van der Waals surface area contributed by atoms with E-state index in [1.807, 2.05) is 0 Å². The molecule has 1 rings (SSSR count). The van der Waals surface area contributed by atoms with Crippen LogP contribution in [0, 0.1) is 0 Å². The van der Waals surface area contributed by atoms with Crippen LogP contribution in [-0.4, -0.2) is 18.3 Å². The fraction of sp³-hybridized carbons (Fsp3) is 0.800. The van der Waals surface area contributed by atoms with Crippen molar-refractivity contribution >= 4 is 5.90 Å². The van der Waals surface area contributed by atoms with Gasteiger partial charge in [-0.15, -0.1) is 5.10 Å². The molecule has 0 amide bonds. The SMILES string of the molecule is CC1=NNC(CC(F)(F)F)O1. The lowest BCUT2D eigenvalue weighted by Gasteiger charge is -2.12. The van der Waals surface area contributed by atoms with Crippen molar-refractivity contribution in [2.24, 2.45) is 5.10 Å². The van der Waals surface area contributed by atoms with Crippen LogP contribution in [0.2, 0.25) is 0 Å². The van der Waals surface area contributed by atoms with Crippen molar-refractivity contribution in [2.45, 2.75) is 25.7 Å². The summed E-state index contributed by atoms with van der Waals surface area (Å²) in [5.41, 5.74) is 2.21. The molecule has 1 N–H and O–H groups in total. The maximum Gasteiger partial charge on any atom is 0.394 e. The monoisotopic (exact) mass is 168 g/mol. The Bertz CT molecular complexity index is 177. The molecule has 0 aromatic rings. The highest BCUT2D eigenvalue weighted by Gasteiger charge is 2.34. The van der Waals surface area contributed by atoms with Gasteiger partial charge in [0, 0.05) is 6.92 Å². The number of nitrogens with zero attached hydrogens (tertiary/aromatic N) is 1. The minimum Gasteiger partial charge on any atom is -0.454 e. The van der Waals surface area contributed by atoms with Crippen LogP contribution in [0.3, 0.4) is 0 Å². The molecule has 0 saturated carbocycles. The Morgan fingerprint density at radius 1 is 1.64 bits per heavy atom. The number of halogens is 3. The van der Waals surface area contributed by atoms with Crippen molar-refractivity contribution < 1.29 is 17.9 Å². The first-order valence-electron chi connectivity index (χ1n) is 3.00. The Morgan fingerprint density at radius 2 is 2.27 bits per heavy atom. The molecule has 1 aliphatic rings. The fourth-order valence-corrected chi connectivity index (χ4v) is 0.719. The molecule has 0 aromatic carbocycles. The van der Waals surface area contributed by atoms with E-state index in [1.165, 1.54) is 6.92 Å². The highest BCUT2D eigenvalue weighted by Crippen LogP contribution is 2.23. The molecule has 64 valence electrons. The Hall–Kier alpha value is -0.940. The van der Waals surface area contributed by atoms with Crippen LogP contribution in [0.15, 0.2) is 5.10 Å². The molecule has 1 atom stereocenters. The second-order valence-electron chi connectivity index (χ2n) is 2.19. The number of alkyl halides is 3. The third-order valence-electron chi connectivity index (χ3n) is 1.10. The van der Waals surface area contributed by atoms with E-state index < -0.39 is 18.8 Å². The van der Waals surface area contributed by atoms with Crippen molar-refractivity contribution in [3.8, 4) is 0 Å². The van der Waals surface area contributed by atoms with E-state index in [-0.39, 0.29) is 5.90 Å². The molecular formula is C5H7F3N2O.